The molecule has 1 amide bonds. The Kier molecular flexibility index (Phi) is 6.41. The van der Waals surface area contributed by atoms with Crippen LogP contribution in [0.4, 0.5) is 11.4 Å². The Balaban J connectivity index is 1.64. The van der Waals surface area contributed by atoms with Crippen molar-refractivity contribution in [2.24, 2.45) is 0 Å². The Morgan fingerprint density at radius 2 is 1.94 bits per heavy atom. The van der Waals surface area contributed by atoms with Gasteiger partial charge < -0.3 is 10.1 Å². The van der Waals surface area contributed by atoms with E-state index in [4.69, 9.17) is 4.74 Å². The number of amides is 1. The van der Waals surface area contributed by atoms with Gasteiger partial charge in [-0.25, -0.2) is 13.4 Å². The van der Waals surface area contributed by atoms with Crippen molar-refractivity contribution in [3.05, 3.63) is 34.3 Å². The van der Waals surface area contributed by atoms with E-state index in [-0.39, 0.29) is 12.5 Å². The fourth-order valence-electron chi connectivity index (χ4n) is 3.35. The van der Waals surface area contributed by atoms with E-state index >= 15 is 0 Å². The van der Waals surface area contributed by atoms with Crippen LogP contribution in [0.2, 0.25) is 0 Å². The Bertz CT molecular complexity index is 1220. The maximum atomic E-state index is 12.6. The van der Waals surface area contributed by atoms with E-state index in [0.717, 1.165) is 35.8 Å². The second-order valence-electron chi connectivity index (χ2n) is 7.23. The first kappa shape index (κ1) is 21.9. The van der Waals surface area contributed by atoms with Crippen molar-refractivity contribution in [1.29, 1.82) is 0 Å². The average molecular weight is 556 g/mol. The molecule has 10 nitrogen and oxygen atoms in total. The molecule has 0 spiro atoms. The Hall–Kier alpha value is -2.29. The number of sulfonamides is 1. The van der Waals surface area contributed by atoms with Crippen LogP contribution in [-0.4, -0.2) is 73.5 Å². The number of pyridine rings is 1. The van der Waals surface area contributed by atoms with E-state index < -0.39 is 10.0 Å². The number of H-pyrrole nitrogens is 1. The number of halogens is 1. The summed E-state index contributed by atoms with van der Waals surface area (Å²) >= 11 is 1.97. The van der Waals surface area contributed by atoms with E-state index in [1.807, 2.05) is 39.6 Å². The number of morpholine rings is 1. The molecule has 0 bridgehead atoms. The summed E-state index contributed by atoms with van der Waals surface area (Å²) in [5.41, 5.74) is 3.22. The van der Waals surface area contributed by atoms with E-state index in [1.54, 1.807) is 18.5 Å². The molecule has 0 aliphatic carbocycles. The topological polar surface area (TPSA) is 129 Å². The number of carbonyl (C=O) groups is 1. The van der Waals surface area contributed by atoms with Crippen LogP contribution >= 0.6 is 22.6 Å². The summed E-state index contributed by atoms with van der Waals surface area (Å²) in [4.78, 5) is 19.0. The first-order valence-electron chi connectivity index (χ1n) is 9.49. The second kappa shape index (κ2) is 9.06. The number of benzene rings is 1. The molecule has 0 atom stereocenters. The lowest BCUT2D eigenvalue weighted by atomic mass is 10.0. The molecule has 3 heterocycles. The van der Waals surface area contributed by atoms with Crippen molar-refractivity contribution < 1.29 is 17.9 Å². The van der Waals surface area contributed by atoms with Gasteiger partial charge in [0.1, 0.15) is 3.70 Å². The zero-order chi connectivity index (χ0) is 22.0. The first-order chi connectivity index (χ1) is 14.8. The first-order valence-corrected chi connectivity index (χ1v) is 12.5. The van der Waals surface area contributed by atoms with Gasteiger partial charge in [-0.2, -0.15) is 5.10 Å². The highest BCUT2D eigenvalue weighted by Gasteiger charge is 2.17. The molecule has 31 heavy (non-hydrogen) atoms. The third-order valence-electron chi connectivity index (χ3n) is 4.77. The zero-order valence-corrected chi connectivity index (χ0v) is 19.7. The standard InChI is InChI=1S/C19H21IN6O4S/c1-31(28,29)25-17-8-13(9-21-19(17)20)12-6-15(14-10-22-24-16(14)7-12)23-18(27)11-26-2-4-30-5-3-26/h6-10,25H,2-5,11H2,1H3,(H,22,24)(H,23,27). The Morgan fingerprint density at radius 3 is 2.68 bits per heavy atom. The number of aromatic nitrogens is 3. The Morgan fingerprint density at radius 1 is 1.19 bits per heavy atom. The van der Waals surface area contributed by atoms with Crippen molar-refractivity contribution in [3.8, 4) is 11.1 Å². The molecule has 0 unspecified atom stereocenters. The van der Waals surface area contributed by atoms with Gasteiger partial charge in [-0.05, 0) is 46.4 Å². The normalized spacial score (nSPS) is 15.2. The van der Waals surface area contributed by atoms with Crippen LogP contribution in [0.15, 0.2) is 30.6 Å². The quantitative estimate of drug-likeness (QED) is 0.312. The van der Waals surface area contributed by atoms with Gasteiger partial charge in [0.15, 0.2) is 0 Å². The average Bonchev–Trinajstić information content (AvgIpc) is 3.18. The van der Waals surface area contributed by atoms with Gasteiger partial charge in [0.05, 0.1) is 49.1 Å². The van der Waals surface area contributed by atoms with Gasteiger partial charge in [-0.1, -0.05) is 0 Å². The SMILES string of the molecule is CS(=O)(=O)Nc1cc(-c2cc(NC(=O)CN3CCOCC3)c3cn[nH]c3c2)cnc1I. The second-order valence-corrected chi connectivity index (χ2v) is 10.00. The van der Waals surface area contributed by atoms with Crippen molar-refractivity contribution in [2.75, 3.05) is 49.1 Å². The zero-order valence-electron chi connectivity index (χ0n) is 16.7. The van der Waals surface area contributed by atoms with Gasteiger partial charge >= 0.3 is 0 Å². The van der Waals surface area contributed by atoms with Crippen LogP contribution in [0, 0.1) is 3.70 Å². The van der Waals surface area contributed by atoms with E-state index in [1.165, 1.54) is 0 Å². The smallest absolute Gasteiger partial charge is 0.238 e. The summed E-state index contributed by atoms with van der Waals surface area (Å²) in [5.74, 6) is -0.123. The molecule has 12 heteroatoms. The molecule has 1 aromatic carbocycles. The van der Waals surface area contributed by atoms with E-state index in [9.17, 15) is 13.2 Å². The summed E-state index contributed by atoms with van der Waals surface area (Å²) in [6.07, 6.45) is 4.41. The fourth-order valence-corrected chi connectivity index (χ4v) is 4.52. The molecule has 2 aromatic heterocycles. The van der Waals surface area contributed by atoms with Gasteiger partial charge in [-0.15, -0.1) is 0 Å². The van der Waals surface area contributed by atoms with Crippen molar-refractivity contribution in [2.45, 2.75) is 0 Å². The molecule has 0 radical (unpaired) electrons. The van der Waals surface area contributed by atoms with Gasteiger partial charge in [-0.3, -0.25) is 19.5 Å². The molecule has 0 saturated carbocycles. The number of anilines is 2. The number of hydrogen-bond acceptors (Lipinski definition) is 7. The lowest BCUT2D eigenvalue weighted by Gasteiger charge is -2.25. The number of aromatic amines is 1. The molecule has 3 N–H and O–H groups in total. The van der Waals surface area contributed by atoms with Crippen molar-refractivity contribution >= 4 is 60.8 Å². The lowest BCUT2D eigenvalue weighted by Crippen LogP contribution is -2.41. The van der Waals surface area contributed by atoms with Crippen molar-refractivity contribution in [1.82, 2.24) is 20.1 Å². The minimum atomic E-state index is -3.44. The Labute approximate surface area is 192 Å². The molecule has 1 aliphatic rings. The summed E-state index contributed by atoms with van der Waals surface area (Å²) in [6, 6.07) is 5.43. The van der Waals surface area contributed by atoms with Crippen LogP contribution < -0.4 is 10.0 Å². The van der Waals surface area contributed by atoms with E-state index in [2.05, 4.69) is 25.2 Å². The van der Waals surface area contributed by atoms with Crippen molar-refractivity contribution in [3.63, 3.8) is 0 Å². The molecule has 1 aliphatic heterocycles. The van der Waals surface area contributed by atoms with Crippen LogP contribution in [0.25, 0.3) is 22.0 Å². The molecule has 3 aromatic rings. The molecule has 164 valence electrons. The summed E-state index contributed by atoms with van der Waals surface area (Å²) in [5, 5.41) is 10.8. The summed E-state index contributed by atoms with van der Waals surface area (Å²) < 4.78 is 31.7. The molecular formula is C19H21IN6O4S. The summed E-state index contributed by atoms with van der Waals surface area (Å²) in [6.45, 7) is 2.97. The monoisotopic (exact) mass is 556 g/mol. The highest BCUT2D eigenvalue weighted by atomic mass is 127. The van der Waals surface area contributed by atoms with Gasteiger partial charge in [0.25, 0.3) is 0 Å². The van der Waals surface area contributed by atoms with E-state index in [0.29, 0.717) is 33.9 Å². The van der Waals surface area contributed by atoms with Gasteiger partial charge in [0.2, 0.25) is 15.9 Å². The minimum Gasteiger partial charge on any atom is -0.379 e. The van der Waals surface area contributed by atoms with Crippen LogP contribution in [0.1, 0.15) is 0 Å². The molecule has 1 fully saturated rings. The highest BCUT2D eigenvalue weighted by molar-refractivity contribution is 14.1. The number of hydrogen-bond donors (Lipinski definition) is 3. The summed E-state index contributed by atoms with van der Waals surface area (Å²) in [7, 11) is -3.44. The predicted octanol–water partition coefficient (Wildman–Crippen LogP) is 1.87. The number of carbonyl (C=O) groups excluding carboxylic acids is 1. The molecular weight excluding hydrogens is 535 g/mol. The van der Waals surface area contributed by atoms with Crippen LogP contribution in [-0.2, 0) is 19.6 Å². The maximum absolute atomic E-state index is 12.6. The predicted molar refractivity (Wildman–Crippen MR) is 126 cm³/mol. The number of nitrogens with zero attached hydrogens (tertiary/aromatic N) is 3. The van der Waals surface area contributed by atoms with Crippen LogP contribution in [0.5, 0.6) is 0 Å². The molecule has 4 rings (SSSR count). The lowest BCUT2D eigenvalue weighted by molar-refractivity contribution is -0.118. The number of ether oxygens (including phenoxy) is 1. The van der Waals surface area contributed by atoms with Crippen LogP contribution in [0.3, 0.4) is 0 Å². The number of fused-ring (bicyclic) bond motifs is 1. The third-order valence-corrected chi connectivity index (χ3v) is 6.22. The highest BCUT2D eigenvalue weighted by Crippen LogP contribution is 2.32. The number of nitrogens with one attached hydrogen (secondary N) is 3. The molecule has 1 saturated heterocycles. The number of rotatable bonds is 6. The maximum Gasteiger partial charge on any atom is 0.238 e. The third kappa shape index (κ3) is 5.50. The largest absolute Gasteiger partial charge is 0.379 e. The fraction of sp³-hybridized carbons (Fsp3) is 0.316. The minimum absolute atomic E-state index is 0.123. The van der Waals surface area contributed by atoms with Gasteiger partial charge in [0, 0.05) is 30.2 Å².